The molecule has 1 amide bonds. The maximum Gasteiger partial charge on any atom is 0.223 e. The molecule has 5 heteroatoms. The average molecular weight is 306 g/mol. The maximum atomic E-state index is 12.0. The highest BCUT2D eigenvalue weighted by Crippen LogP contribution is 2.23. The van der Waals surface area contributed by atoms with E-state index in [1.54, 1.807) is 7.11 Å². The predicted octanol–water partition coefficient (Wildman–Crippen LogP) is 2.10. The van der Waals surface area contributed by atoms with Gasteiger partial charge in [0.2, 0.25) is 5.91 Å². The van der Waals surface area contributed by atoms with Crippen molar-refractivity contribution >= 4 is 5.91 Å². The van der Waals surface area contributed by atoms with Gasteiger partial charge in [-0.2, -0.15) is 0 Å². The van der Waals surface area contributed by atoms with Crippen molar-refractivity contribution in [3.05, 3.63) is 24.3 Å². The molecule has 0 saturated heterocycles. The van der Waals surface area contributed by atoms with Crippen LogP contribution in [0.4, 0.5) is 0 Å². The molecule has 2 unspecified atom stereocenters. The van der Waals surface area contributed by atoms with E-state index in [0.717, 1.165) is 43.6 Å². The topological polar surface area (TPSA) is 73.6 Å². The third-order valence-electron chi connectivity index (χ3n) is 4.02. The van der Waals surface area contributed by atoms with Crippen LogP contribution in [0.25, 0.3) is 0 Å². The van der Waals surface area contributed by atoms with E-state index in [1.165, 1.54) is 0 Å². The van der Waals surface area contributed by atoms with Crippen molar-refractivity contribution in [3.63, 3.8) is 0 Å². The van der Waals surface area contributed by atoms with Gasteiger partial charge in [0.05, 0.1) is 13.7 Å². The van der Waals surface area contributed by atoms with E-state index < -0.39 is 0 Å². The van der Waals surface area contributed by atoms with E-state index in [0.29, 0.717) is 13.2 Å². The van der Waals surface area contributed by atoms with Crippen molar-refractivity contribution in [2.75, 3.05) is 20.3 Å². The highest BCUT2D eigenvalue weighted by molar-refractivity contribution is 5.78. The minimum atomic E-state index is 0.0862. The number of rotatable bonds is 7. The van der Waals surface area contributed by atoms with Gasteiger partial charge >= 0.3 is 0 Å². The molecular formula is C17H26N2O3. The molecule has 0 radical (unpaired) electrons. The fourth-order valence-electron chi connectivity index (χ4n) is 2.77. The molecule has 0 heterocycles. The van der Waals surface area contributed by atoms with E-state index >= 15 is 0 Å². The van der Waals surface area contributed by atoms with Crippen LogP contribution in [-0.4, -0.2) is 32.2 Å². The Bertz CT molecular complexity index is 479. The number of nitrogens with two attached hydrogens (primary N) is 1. The molecule has 2 atom stereocenters. The number of benzene rings is 1. The van der Waals surface area contributed by atoms with Gasteiger partial charge in [-0.1, -0.05) is 12.5 Å². The van der Waals surface area contributed by atoms with Crippen LogP contribution in [0.2, 0.25) is 0 Å². The van der Waals surface area contributed by atoms with Gasteiger partial charge in [0, 0.05) is 24.6 Å². The Labute approximate surface area is 132 Å². The number of carbonyl (C=O) groups excluding carboxylic acids is 1. The van der Waals surface area contributed by atoms with Crippen LogP contribution in [0, 0.1) is 5.92 Å². The third kappa shape index (κ3) is 5.22. The minimum Gasteiger partial charge on any atom is -0.497 e. The number of ether oxygens (including phenoxy) is 2. The molecule has 1 fully saturated rings. The zero-order chi connectivity index (χ0) is 15.8. The minimum absolute atomic E-state index is 0.0862. The van der Waals surface area contributed by atoms with E-state index in [4.69, 9.17) is 15.2 Å². The Kier molecular flexibility index (Phi) is 6.52. The molecule has 0 aromatic heterocycles. The highest BCUT2D eigenvalue weighted by atomic mass is 16.5. The van der Waals surface area contributed by atoms with Gasteiger partial charge in [0.25, 0.3) is 0 Å². The molecule has 1 saturated carbocycles. The molecule has 0 spiro atoms. The lowest BCUT2D eigenvalue weighted by Crippen LogP contribution is -2.38. The summed E-state index contributed by atoms with van der Waals surface area (Å²) in [5.41, 5.74) is 5.92. The van der Waals surface area contributed by atoms with Crippen molar-refractivity contribution < 1.29 is 14.3 Å². The van der Waals surface area contributed by atoms with Gasteiger partial charge in [-0.3, -0.25) is 4.79 Å². The molecular weight excluding hydrogens is 280 g/mol. The molecule has 1 aromatic carbocycles. The van der Waals surface area contributed by atoms with Crippen LogP contribution in [-0.2, 0) is 4.79 Å². The first-order valence-corrected chi connectivity index (χ1v) is 7.99. The molecule has 122 valence electrons. The molecule has 5 nitrogen and oxygen atoms in total. The lowest BCUT2D eigenvalue weighted by molar-refractivity contribution is -0.126. The zero-order valence-electron chi connectivity index (χ0n) is 13.2. The Balaban J connectivity index is 1.61. The summed E-state index contributed by atoms with van der Waals surface area (Å²) in [6.07, 6.45) is 4.64. The molecule has 3 N–H and O–H groups in total. The van der Waals surface area contributed by atoms with Gasteiger partial charge in [-0.25, -0.2) is 0 Å². The number of amides is 1. The van der Waals surface area contributed by atoms with E-state index in [9.17, 15) is 4.79 Å². The second kappa shape index (κ2) is 8.63. The Morgan fingerprint density at radius 2 is 2.18 bits per heavy atom. The van der Waals surface area contributed by atoms with Crippen LogP contribution in [0.1, 0.15) is 32.1 Å². The summed E-state index contributed by atoms with van der Waals surface area (Å²) in [6, 6.07) is 7.69. The van der Waals surface area contributed by atoms with Crippen molar-refractivity contribution in [1.82, 2.24) is 5.32 Å². The molecule has 1 aliphatic carbocycles. The van der Waals surface area contributed by atoms with Crippen LogP contribution in [0.15, 0.2) is 24.3 Å². The number of hydrogen-bond donors (Lipinski definition) is 2. The molecule has 2 rings (SSSR count). The van der Waals surface area contributed by atoms with Gasteiger partial charge in [-0.05, 0) is 37.8 Å². The standard InChI is InChI=1S/C17H26N2O3/c1-21-15-7-3-8-16(12-15)22-10-4-9-19-17(20)13-5-2-6-14(18)11-13/h3,7-8,12-14H,2,4-6,9-11,18H2,1H3,(H,19,20). The quantitative estimate of drug-likeness (QED) is 0.757. The first-order valence-electron chi connectivity index (χ1n) is 7.99. The number of carbonyl (C=O) groups is 1. The lowest BCUT2D eigenvalue weighted by atomic mass is 9.85. The van der Waals surface area contributed by atoms with Crippen LogP contribution >= 0.6 is 0 Å². The van der Waals surface area contributed by atoms with Crippen LogP contribution in [0.3, 0.4) is 0 Å². The van der Waals surface area contributed by atoms with Gasteiger partial charge < -0.3 is 20.5 Å². The van der Waals surface area contributed by atoms with Crippen molar-refractivity contribution in [2.24, 2.45) is 11.7 Å². The average Bonchev–Trinajstić information content (AvgIpc) is 2.54. The first kappa shape index (κ1) is 16.6. The SMILES string of the molecule is COc1cccc(OCCCNC(=O)C2CCCC(N)C2)c1. The maximum absolute atomic E-state index is 12.0. The van der Waals surface area contributed by atoms with Crippen LogP contribution in [0.5, 0.6) is 11.5 Å². The summed E-state index contributed by atoms with van der Waals surface area (Å²) in [5, 5.41) is 2.98. The second-order valence-electron chi connectivity index (χ2n) is 5.80. The number of methoxy groups -OCH3 is 1. The molecule has 1 aliphatic rings. The molecule has 0 aliphatic heterocycles. The van der Waals surface area contributed by atoms with Crippen molar-refractivity contribution in [1.29, 1.82) is 0 Å². The van der Waals surface area contributed by atoms with Crippen molar-refractivity contribution in [3.8, 4) is 11.5 Å². The number of nitrogens with one attached hydrogen (secondary N) is 1. The monoisotopic (exact) mass is 306 g/mol. The van der Waals surface area contributed by atoms with E-state index in [2.05, 4.69) is 5.32 Å². The van der Waals surface area contributed by atoms with E-state index in [1.807, 2.05) is 24.3 Å². The predicted molar refractivity (Wildman–Crippen MR) is 86.0 cm³/mol. The van der Waals surface area contributed by atoms with E-state index in [-0.39, 0.29) is 17.9 Å². The molecule has 1 aromatic rings. The normalized spacial score (nSPS) is 21.2. The summed E-state index contributed by atoms with van der Waals surface area (Å²) >= 11 is 0. The second-order valence-corrected chi connectivity index (χ2v) is 5.80. The summed E-state index contributed by atoms with van der Waals surface area (Å²) in [4.78, 5) is 12.0. The lowest BCUT2D eigenvalue weighted by Gasteiger charge is -2.25. The van der Waals surface area contributed by atoms with Gasteiger partial charge in [-0.15, -0.1) is 0 Å². The first-order chi connectivity index (χ1) is 10.7. The summed E-state index contributed by atoms with van der Waals surface area (Å²) < 4.78 is 10.8. The summed E-state index contributed by atoms with van der Waals surface area (Å²) in [7, 11) is 1.63. The van der Waals surface area contributed by atoms with Gasteiger partial charge in [0.1, 0.15) is 11.5 Å². The Morgan fingerprint density at radius 3 is 2.95 bits per heavy atom. The Morgan fingerprint density at radius 1 is 1.36 bits per heavy atom. The molecule has 22 heavy (non-hydrogen) atoms. The fourth-order valence-corrected chi connectivity index (χ4v) is 2.77. The molecule has 0 bridgehead atoms. The smallest absolute Gasteiger partial charge is 0.223 e. The summed E-state index contributed by atoms with van der Waals surface area (Å²) in [6.45, 7) is 1.20. The Hall–Kier alpha value is -1.75. The summed E-state index contributed by atoms with van der Waals surface area (Å²) in [5.74, 6) is 1.78. The van der Waals surface area contributed by atoms with Gasteiger partial charge in [0.15, 0.2) is 0 Å². The number of hydrogen-bond acceptors (Lipinski definition) is 4. The zero-order valence-corrected chi connectivity index (χ0v) is 13.2. The van der Waals surface area contributed by atoms with Crippen LogP contribution < -0.4 is 20.5 Å². The van der Waals surface area contributed by atoms with Crippen molar-refractivity contribution in [2.45, 2.75) is 38.1 Å². The fraction of sp³-hybridized carbons (Fsp3) is 0.588. The third-order valence-corrected chi connectivity index (χ3v) is 4.02. The largest absolute Gasteiger partial charge is 0.497 e. The highest BCUT2D eigenvalue weighted by Gasteiger charge is 2.24.